The van der Waals surface area contributed by atoms with Crippen LogP contribution in [0.1, 0.15) is 40.6 Å². The van der Waals surface area contributed by atoms with E-state index in [0.717, 1.165) is 24.8 Å². The van der Waals surface area contributed by atoms with Crippen LogP contribution in [-0.2, 0) is 12.8 Å². The number of carbonyl (C=O) groups excluding carboxylic acids is 1. The van der Waals surface area contributed by atoms with Crippen molar-refractivity contribution in [2.75, 3.05) is 13.2 Å². The van der Waals surface area contributed by atoms with Crippen LogP contribution in [0.5, 0.6) is 0 Å². The maximum atomic E-state index is 12.2. The van der Waals surface area contributed by atoms with E-state index >= 15 is 0 Å². The topological polar surface area (TPSA) is 69.6 Å². The Morgan fingerprint density at radius 3 is 2.72 bits per heavy atom. The Bertz CT molecular complexity index is 437. The van der Waals surface area contributed by atoms with E-state index in [-0.39, 0.29) is 19.1 Å². The first-order valence-corrected chi connectivity index (χ1v) is 7.11. The van der Waals surface area contributed by atoms with Crippen LogP contribution in [0.3, 0.4) is 0 Å². The number of hydrogen-bond acceptors (Lipinski definition) is 4. The lowest BCUT2D eigenvalue weighted by atomic mass is 9.95. The molecule has 5 heteroatoms. The van der Waals surface area contributed by atoms with E-state index in [4.69, 9.17) is 0 Å². The fourth-order valence-electron chi connectivity index (χ4n) is 2.15. The van der Waals surface area contributed by atoms with Crippen LogP contribution >= 0.6 is 11.3 Å². The summed E-state index contributed by atoms with van der Waals surface area (Å²) in [7, 11) is 0. The molecule has 0 saturated carbocycles. The lowest BCUT2D eigenvalue weighted by Gasteiger charge is -2.26. The largest absolute Gasteiger partial charge is 0.394 e. The van der Waals surface area contributed by atoms with Gasteiger partial charge in [0.05, 0.1) is 24.3 Å². The second-order valence-corrected chi connectivity index (χ2v) is 6.05. The Morgan fingerprint density at radius 2 is 2.06 bits per heavy atom. The molecule has 0 spiro atoms. The van der Waals surface area contributed by atoms with Gasteiger partial charge in [0.15, 0.2) is 0 Å². The Hall–Kier alpha value is -0.910. The predicted octanol–water partition coefficient (Wildman–Crippen LogP) is 1.10. The van der Waals surface area contributed by atoms with Crippen LogP contribution in [0, 0.1) is 0 Å². The van der Waals surface area contributed by atoms with Gasteiger partial charge >= 0.3 is 0 Å². The van der Waals surface area contributed by atoms with Crippen LogP contribution in [-0.4, -0.2) is 34.9 Å². The molecule has 0 fully saturated rings. The van der Waals surface area contributed by atoms with Crippen molar-refractivity contribution in [3.05, 3.63) is 21.4 Å². The zero-order valence-electron chi connectivity index (χ0n) is 10.5. The SMILES string of the molecule is CC(CO)(CO)NC(=O)c1csc2c1CCCC2. The summed E-state index contributed by atoms with van der Waals surface area (Å²) in [5.41, 5.74) is 0.908. The zero-order chi connectivity index (χ0) is 13.2. The van der Waals surface area contributed by atoms with Gasteiger partial charge in [-0.2, -0.15) is 0 Å². The van der Waals surface area contributed by atoms with Gasteiger partial charge in [-0.25, -0.2) is 0 Å². The van der Waals surface area contributed by atoms with Crippen molar-refractivity contribution in [2.45, 2.75) is 38.1 Å². The van der Waals surface area contributed by atoms with Gasteiger partial charge in [-0.1, -0.05) is 0 Å². The summed E-state index contributed by atoms with van der Waals surface area (Å²) in [6, 6.07) is 0. The van der Waals surface area contributed by atoms with Crippen molar-refractivity contribution in [3.63, 3.8) is 0 Å². The molecule has 0 unspecified atom stereocenters. The molecule has 0 bridgehead atoms. The molecular weight excluding hydrogens is 250 g/mol. The Morgan fingerprint density at radius 1 is 1.39 bits per heavy atom. The summed E-state index contributed by atoms with van der Waals surface area (Å²) in [5, 5.41) is 23.0. The van der Waals surface area contributed by atoms with Crippen LogP contribution in [0.4, 0.5) is 0 Å². The minimum atomic E-state index is -0.958. The molecule has 0 aliphatic heterocycles. The lowest BCUT2D eigenvalue weighted by molar-refractivity contribution is 0.0723. The number of nitrogens with one attached hydrogen (secondary N) is 1. The highest BCUT2D eigenvalue weighted by Gasteiger charge is 2.27. The molecule has 1 aliphatic carbocycles. The maximum Gasteiger partial charge on any atom is 0.252 e. The first-order chi connectivity index (χ1) is 8.59. The second-order valence-electron chi connectivity index (χ2n) is 5.09. The molecule has 1 aromatic heterocycles. The molecule has 0 radical (unpaired) electrons. The third-order valence-corrected chi connectivity index (χ3v) is 4.51. The molecule has 0 atom stereocenters. The van der Waals surface area contributed by atoms with Crippen LogP contribution in [0.2, 0.25) is 0 Å². The highest BCUT2D eigenvalue weighted by molar-refractivity contribution is 7.10. The summed E-state index contributed by atoms with van der Waals surface area (Å²) >= 11 is 1.64. The van der Waals surface area contributed by atoms with Crippen molar-refractivity contribution < 1.29 is 15.0 Å². The molecule has 1 heterocycles. The number of aliphatic hydroxyl groups is 2. The van der Waals surface area contributed by atoms with Crippen molar-refractivity contribution in [3.8, 4) is 0 Å². The number of aryl methyl sites for hydroxylation is 1. The normalized spacial score (nSPS) is 15.3. The average Bonchev–Trinajstić information content (AvgIpc) is 2.82. The average molecular weight is 269 g/mol. The highest BCUT2D eigenvalue weighted by atomic mass is 32.1. The first kappa shape index (κ1) is 13.5. The fraction of sp³-hybridized carbons (Fsp3) is 0.615. The lowest BCUT2D eigenvalue weighted by Crippen LogP contribution is -2.51. The summed E-state index contributed by atoms with van der Waals surface area (Å²) < 4.78 is 0. The van der Waals surface area contributed by atoms with Crippen molar-refractivity contribution in [1.82, 2.24) is 5.32 Å². The van der Waals surface area contributed by atoms with Gasteiger partial charge in [0, 0.05) is 10.3 Å². The summed E-state index contributed by atoms with van der Waals surface area (Å²) in [6.07, 6.45) is 4.34. The monoisotopic (exact) mass is 269 g/mol. The number of thiophene rings is 1. The van der Waals surface area contributed by atoms with Crippen LogP contribution in [0.25, 0.3) is 0 Å². The molecule has 3 N–H and O–H groups in total. The van der Waals surface area contributed by atoms with Gasteiger partial charge in [-0.05, 0) is 38.2 Å². The van der Waals surface area contributed by atoms with Crippen molar-refractivity contribution in [1.29, 1.82) is 0 Å². The van der Waals surface area contributed by atoms with E-state index < -0.39 is 5.54 Å². The number of amides is 1. The second kappa shape index (κ2) is 5.38. The maximum absolute atomic E-state index is 12.2. The number of aliphatic hydroxyl groups excluding tert-OH is 2. The smallest absolute Gasteiger partial charge is 0.252 e. The first-order valence-electron chi connectivity index (χ1n) is 6.23. The Balaban J connectivity index is 2.17. The van der Waals surface area contributed by atoms with E-state index in [2.05, 4.69) is 5.32 Å². The Kier molecular flexibility index (Phi) is 4.04. The number of carbonyl (C=O) groups is 1. The molecule has 1 amide bonds. The van der Waals surface area contributed by atoms with Gasteiger partial charge in [0.1, 0.15) is 0 Å². The third-order valence-electron chi connectivity index (χ3n) is 3.42. The molecule has 18 heavy (non-hydrogen) atoms. The standard InChI is InChI=1S/C13H19NO3S/c1-13(7-15,8-16)14-12(17)10-6-18-11-5-3-2-4-9(10)11/h6,15-16H,2-5,7-8H2,1H3,(H,14,17). The molecule has 1 aliphatic rings. The van der Waals surface area contributed by atoms with Crippen LogP contribution < -0.4 is 5.32 Å². The van der Waals surface area contributed by atoms with E-state index in [1.807, 2.05) is 5.38 Å². The van der Waals surface area contributed by atoms with E-state index in [1.54, 1.807) is 18.3 Å². The molecule has 4 nitrogen and oxygen atoms in total. The summed E-state index contributed by atoms with van der Waals surface area (Å²) in [6.45, 7) is 1.08. The summed E-state index contributed by atoms with van der Waals surface area (Å²) in [5.74, 6) is -0.194. The van der Waals surface area contributed by atoms with E-state index in [1.165, 1.54) is 11.3 Å². The van der Waals surface area contributed by atoms with Gasteiger partial charge in [-0.3, -0.25) is 4.79 Å². The highest BCUT2D eigenvalue weighted by Crippen LogP contribution is 2.30. The third kappa shape index (κ3) is 2.58. The predicted molar refractivity (Wildman–Crippen MR) is 71.0 cm³/mol. The molecular formula is C13H19NO3S. The Labute approximate surface area is 111 Å². The zero-order valence-corrected chi connectivity index (χ0v) is 11.3. The van der Waals surface area contributed by atoms with Gasteiger partial charge in [0.2, 0.25) is 0 Å². The summed E-state index contributed by atoms with van der Waals surface area (Å²) in [4.78, 5) is 13.5. The minimum Gasteiger partial charge on any atom is -0.394 e. The number of fused-ring (bicyclic) bond motifs is 1. The molecule has 0 aromatic carbocycles. The van der Waals surface area contributed by atoms with Gasteiger partial charge < -0.3 is 15.5 Å². The molecule has 2 rings (SSSR count). The number of rotatable bonds is 4. The van der Waals surface area contributed by atoms with E-state index in [9.17, 15) is 15.0 Å². The molecule has 1 aromatic rings. The van der Waals surface area contributed by atoms with Crippen molar-refractivity contribution in [2.24, 2.45) is 0 Å². The van der Waals surface area contributed by atoms with Gasteiger partial charge in [0.25, 0.3) is 5.91 Å². The van der Waals surface area contributed by atoms with E-state index in [0.29, 0.717) is 5.56 Å². The number of hydrogen-bond donors (Lipinski definition) is 3. The molecule has 0 saturated heterocycles. The quantitative estimate of drug-likeness (QED) is 0.766. The minimum absolute atomic E-state index is 0.194. The molecule has 100 valence electrons. The van der Waals surface area contributed by atoms with Crippen molar-refractivity contribution >= 4 is 17.2 Å². The van der Waals surface area contributed by atoms with Gasteiger partial charge in [-0.15, -0.1) is 11.3 Å². The fourth-order valence-corrected chi connectivity index (χ4v) is 3.28. The van der Waals surface area contributed by atoms with Crippen LogP contribution in [0.15, 0.2) is 5.38 Å².